The van der Waals surface area contributed by atoms with Gasteiger partial charge in [0.1, 0.15) is 17.7 Å². The quantitative estimate of drug-likeness (QED) is 0.458. The summed E-state index contributed by atoms with van der Waals surface area (Å²) in [6, 6.07) is 4.90. The monoisotopic (exact) mass is 548 g/mol. The Morgan fingerprint density at radius 2 is 1.74 bits per heavy atom. The lowest BCUT2D eigenvalue weighted by Gasteiger charge is -2.38. The summed E-state index contributed by atoms with van der Waals surface area (Å²) in [5, 5.41) is 6.34. The summed E-state index contributed by atoms with van der Waals surface area (Å²) in [5.41, 5.74) is -1.12. The van der Waals surface area contributed by atoms with Gasteiger partial charge in [-0.1, -0.05) is 32.9 Å². The smallest absolute Gasteiger partial charge is 0.410 e. The number of hydrogen-bond acceptors (Lipinski definition) is 7. The topological polar surface area (TPSA) is 100 Å². The van der Waals surface area contributed by atoms with Crippen LogP contribution in [0.5, 0.6) is 0 Å². The zero-order chi connectivity index (χ0) is 29.2. The molecule has 9 nitrogen and oxygen atoms in total. The molecule has 3 rings (SSSR count). The van der Waals surface area contributed by atoms with E-state index >= 15 is 0 Å². The van der Waals surface area contributed by atoms with Crippen LogP contribution in [0.1, 0.15) is 60.5 Å². The van der Waals surface area contributed by atoms with Crippen molar-refractivity contribution in [1.29, 1.82) is 0 Å². The van der Waals surface area contributed by atoms with Crippen LogP contribution in [0, 0.1) is 11.2 Å². The van der Waals surface area contributed by atoms with Crippen molar-refractivity contribution in [3.05, 3.63) is 35.6 Å². The number of aldehydes is 1. The van der Waals surface area contributed by atoms with Crippen molar-refractivity contribution >= 4 is 18.3 Å². The van der Waals surface area contributed by atoms with Crippen molar-refractivity contribution in [2.75, 3.05) is 26.7 Å². The molecule has 2 heterocycles. The van der Waals surface area contributed by atoms with Crippen molar-refractivity contribution < 1.29 is 28.2 Å². The fraction of sp³-hybridized carbons (Fsp3) is 0.690. The van der Waals surface area contributed by atoms with Gasteiger partial charge in [-0.3, -0.25) is 4.79 Å². The van der Waals surface area contributed by atoms with Crippen LogP contribution in [0.15, 0.2) is 24.3 Å². The van der Waals surface area contributed by atoms with Gasteiger partial charge in [-0.2, -0.15) is 0 Å². The maximum Gasteiger partial charge on any atom is 0.410 e. The Morgan fingerprint density at radius 3 is 2.28 bits per heavy atom. The van der Waals surface area contributed by atoms with Crippen molar-refractivity contribution in [2.24, 2.45) is 5.41 Å². The molecule has 1 aromatic rings. The number of likely N-dealkylation sites (N-methyl/N-ethyl adjacent to an activating group) is 1. The molecule has 2 N–H and O–H groups in total. The summed E-state index contributed by atoms with van der Waals surface area (Å²) in [6.07, 6.45) is 0.564. The van der Waals surface area contributed by atoms with Gasteiger partial charge < -0.3 is 34.7 Å². The first-order chi connectivity index (χ1) is 18.1. The number of nitrogens with zero attached hydrogens (tertiary/aromatic N) is 2. The van der Waals surface area contributed by atoms with Crippen LogP contribution in [0.4, 0.5) is 9.18 Å². The number of likely N-dealkylation sites (tertiary alicyclic amines) is 2. The molecule has 0 spiro atoms. The van der Waals surface area contributed by atoms with Crippen molar-refractivity contribution in [1.82, 2.24) is 20.4 Å². The number of halogens is 1. The van der Waals surface area contributed by atoms with Gasteiger partial charge in [0, 0.05) is 13.1 Å². The van der Waals surface area contributed by atoms with Crippen molar-refractivity contribution in [3.8, 4) is 0 Å². The lowest BCUT2D eigenvalue weighted by Crippen LogP contribution is -2.60. The number of amides is 2. The molecule has 0 radical (unpaired) electrons. The summed E-state index contributed by atoms with van der Waals surface area (Å²) in [7, 11) is 1.71. The van der Waals surface area contributed by atoms with E-state index in [1.165, 1.54) is 12.1 Å². The lowest BCUT2D eigenvalue weighted by atomic mass is 9.85. The highest BCUT2D eigenvalue weighted by Gasteiger charge is 2.54. The van der Waals surface area contributed by atoms with E-state index in [1.807, 2.05) is 46.4 Å². The van der Waals surface area contributed by atoms with E-state index in [2.05, 4.69) is 10.6 Å². The molecule has 2 saturated heterocycles. The molecule has 0 aromatic heterocycles. The average Bonchev–Trinajstić information content (AvgIpc) is 3.42. The number of benzene rings is 1. The maximum atomic E-state index is 14.1. The predicted octanol–water partition coefficient (Wildman–Crippen LogP) is 3.11. The fourth-order valence-corrected chi connectivity index (χ4v) is 5.18. The Labute approximate surface area is 231 Å². The molecule has 5 atom stereocenters. The minimum Gasteiger partial charge on any atom is -0.444 e. The second kappa shape index (κ2) is 11.9. The average molecular weight is 549 g/mol. The normalized spacial score (nSPS) is 23.8. The Balaban J connectivity index is 1.86. The van der Waals surface area contributed by atoms with Crippen LogP contribution in [0.3, 0.4) is 0 Å². The molecule has 2 amide bonds. The fourth-order valence-electron chi connectivity index (χ4n) is 5.18. The van der Waals surface area contributed by atoms with E-state index < -0.39 is 34.8 Å². The highest BCUT2D eigenvalue weighted by atomic mass is 19.1. The molecule has 0 saturated carbocycles. The Morgan fingerprint density at radius 1 is 1.10 bits per heavy atom. The first kappa shape index (κ1) is 31.0. The van der Waals surface area contributed by atoms with Crippen LogP contribution in [-0.4, -0.2) is 90.1 Å². The molecule has 218 valence electrons. The van der Waals surface area contributed by atoms with E-state index in [1.54, 1.807) is 31.0 Å². The van der Waals surface area contributed by atoms with Crippen LogP contribution >= 0.6 is 0 Å². The number of nitrogens with one attached hydrogen (secondary N) is 2. The molecular formula is C29H45FN4O5. The van der Waals surface area contributed by atoms with Crippen LogP contribution in [-0.2, 0) is 25.7 Å². The summed E-state index contributed by atoms with van der Waals surface area (Å²) in [5.74, 6) is -0.422. The van der Waals surface area contributed by atoms with E-state index in [4.69, 9.17) is 9.47 Å². The SMILES string of the molecule is CNC(C)(C=O)CNC(C(=O)N1CCC2C1C(OCc1ccc(F)cc1)CN2C(=O)OC(C)(C)C)C(C)(C)C. The largest absolute Gasteiger partial charge is 0.444 e. The first-order valence-electron chi connectivity index (χ1n) is 13.6. The van der Waals surface area contributed by atoms with E-state index in [-0.39, 0.29) is 43.5 Å². The van der Waals surface area contributed by atoms with E-state index in [0.29, 0.717) is 13.0 Å². The third-order valence-corrected chi connectivity index (χ3v) is 7.48. The number of hydrogen-bond donors (Lipinski definition) is 2. The van der Waals surface area contributed by atoms with Gasteiger partial charge in [0.25, 0.3) is 0 Å². The zero-order valence-corrected chi connectivity index (χ0v) is 24.5. The standard InChI is InChI=1S/C29H45FN4O5/c1-27(2,3)24(32-17-29(7,18-35)31-8)25(36)33-14-13-21-23(33)22(15-34(21)26(37)39-28(4,5)6)38-16-19-9-11-20(30)12-10-19/h9-12,18,21-24,31-32H,13-17H2,1-8H3. The highest BCUT2D eigenvalue weighted by molar-refractivity contribution is 5.84. The van der Waals surface area contributed by atoms with Crippen LogP contribution in [0.2, 0.25) is 0 Å². The van der Waals surface area contributed by atoms with Crippen molar-refractivity contribution in [2.45, 2.75) is 96.9 Å². The van der Waals surface area contributed by atoms with Crippen molar-refractivity contribution in [3.63, 3.8) is 0 Å². The maximum absolute atomic E-state index is 14.1. The van der Waals surface area contributed by atoms with Gasteiger partial charge in [0.2, 0.25) is 5.91 Å². The van der Waals surface area contributed by atoms with E-state index in [9.17, 15) is 18.8 Å². The van der Waals surface area contributed by atoms with Crippen LogP contribution < -0.4 is 10.6 Å². The molecule has 0 bridgehead atoms. The molecule has 39 heavy (non-hydrogen) atoms. The Hall–Kier alpha value is -2.56. The first-order valence-corrected chi connectivity index (χ1v) is 13.6. The Kier molecular flexibility index (Phi) is 9.45. The third kappa shape index (κ3) is 7.55. The molecule has 5 unspecified atom stereocenters. The molecule has 0 aliphatic carbocycles. The molecule has 2 fully saturated rings. The number of carbonyl (C=O) groups is 3. The van der Waals surface area contributed by atoms with Crippen LogP contribution in [0.25, 0.3) is 0 Å². The summed E-state index contributed by atoms with van der Waals surface area (Å²) < 4.78 is 25.4. The predicted molar refractivity (Wildman–Crippen MR) is 147 cm³/mol. The minimum absolute atomic E-state index is 0.0965. The molecular weight excluding hydrogens is 503 g/mol. The Bertz CT molecular complexity index is 1020. The summed E-state index contributed by atoms with van der Waals surface area (Å²) in [6.45, 7) is 14.4. The van der Waals surface area contributed by atoms with Gasteiger partial charge in [-0.15, -0.1) is 0 Å². The minimum atomic E-state index is -0.820. The lowest BCUT2D eigenvalue weighted by molar-refractivity contribution is -0.140. The number of rotatable bonds is 9. The van der Waals surface area contributed by atoms with Gasteiger partial charge >= 0.3 is 6.09 Å². The molecule has 2 aliphatic heterocycles. The number of ether oxygens (including phenoxy) is 2. The second-order valence-corrected chi connectivity index (χ2v) is 13.0. The zero-order valence-electron chi connectivity index (χ0n) is 24.5. The van der Waals surface area contributed by atoms with Gasteiger partial charge in [-0.05, 0) is 64.3 Å². The summed E-state index contributed by atoms with van der Waals surface area (Å²) in [4.78, 5) is 42.4. The number of fused-ring (bicyclic) bond motifs is 1. The van der Waals surface area contributed by atoms with Gasteiger partial charge in [-0.25, -0.2) is 9.18 Å². The second-order valence-electron chi connectivity index (χ2n) is 13.0. The summed E-state index contributed by atoms with van der Waals surface area (Å²) >= 11 is 0. The third-order valence-electron chi connectivity index (χ3n) is 7.48. The molecule has 10 heteroatoms. The van der Waals surface area contributed by atoms with Gasteiger partial charge in [0.15, 0.2) is 0 Å². The molecule has 2 aliphatic rings. The van der Waals surface area contributed by atoms with E-state index in [0.717, 1.165) is 11.8 Å². The highest BCUT2D eigenvalue weighted by Crippen LogP contribution is 2.36. The van der Waals surface area contributed by atoms with Gasteiger partial charge in [0.05, 0.1) is 42.9 Å². The number of carbonyl (C=O) groups excluding carboxylic acids is 3. The molecule has 1 aromatic carbocycles.